The molecule has 2 amide bonds. The van der Waals surface area contributed by atoms with Crippen molar-refractivity contribution in [2.24, 2.45) is 0 Å². The molecule has 0 aliphatic rings. The number of carbonyl (C=O) groups excluding carboxylic acids is 1. The van der Waals surface area contributed by atoms with Gasteiger partial charge in [-0.15, -0.1) is 0 Å². The lowest BCUT2D eigenvalue weighted by Crippen LogP contribution is -2.20. The molecular formula is C14H9F4N2O3S-. The topological polar surface area (TPSA) is 81.3 Å². The van der Waals surface area contributed by atoms with Crippen LogP contribution < -0.4 is 10.6 Å². The number of rotatable bonds is 3. The molecule has 2 N–H and O–H groups in total. The molecule has 2 aromatic rings. The third kappa shape index (κ3) is 4.52. The van der Waals surface area contributed by atoms with Crippen LogP contribution >= 0.6 is 0 Å². The maximum Gasteiger partial charge on any atom is 0.416 e. The number of anilines is 2. The lowest BCUT2D eigenvalue weighted by atomic mass is 10.2. The van der Waals surface area contributed by atoms with E-state index in [-0.39, 0.29) is 10.6 Å². The molecule has 1 unspecified atom stereocenters. The SMILES string of the molecule is O=C(Nc1cccc(S(=O)[O-])c1)Nc1cc(C(F)(F)F)ccc1F. The van der Waals surface area contributed by atoms with Gasteiger partial charge in [-0.25, -0.2) is 9.18 Å². The van der Waals surface area contributed by atoms with Crippen LogP contribution in [0.2, 0.25) is 0 Å². The van der Waals surface area contributed by atoms with E-state index in [2.05, 4.69) is 5.32 Å². The Bertz CT molecular complexity index is 796. The molecule has 0 fully saturated rings. The van der Waals surface area contributed by atoms with Gasteiger partial charge in [0.05, 0.1) is 11.3 Å². The molecule has 0 heterocycles. The third-order valence-corrected chi connectivity index (χ3v) is 3.47. The molecule has 0 aliphatic heterocycles. The van der Waals surface area contributed by atoms with E-state index >= 15 is 0 Å². The lowest BCUT2D eigenvalue weighted by Gasteiger charge is -2.12. The van der Waals surface area contributed by atoms with Crippen LogP contribution in [0.25, 0.3) is 0 Å². The smallest absolute Gasteiger partial charge is 0.416 e. The number of hydrogen-bond acceptors (Lipinski definition) is 3. The molecule has 0 aromatic heterocycles. The van der Waals surface area contributed by atoms with Crippen LogP contribution in [0.4, 0.5) is 33.7 Å². The van der Waals surface area contributed by atoms with Gasteiger partial charge >= 0.3 is 12.2 Å². The summed E-state index contributed by atoms with van der Waals surface area (Å²) in [6.07, 6.45) is -4.69. The second kappa shape index (κ2) is 6.97. The van der Waals surface area contributed by atoms with Crippen molar-refractivity contribution < 1.29 is 31.1 Å². The minimum absolute atomic E-state index is 0.0709. The summed E-state index contributed by atoms with van der Waals surface area (Å²) in [5.41, 5.74) is -1.71. The highest BCUT2D eigenvalue weighted by atomic mass is 32.2. The van der Waals surface area contributed by atoms with Gasteiger partial charge < -0.3 is 15.2 Å². The maximum atomic E-state index is 13.5. The van der Waals surface area contributed by atoms with E-state index < -0.39 is 40.4 Å². The Labute approximate surface area is 136 Å². The van der Waals surface area contributed by atoms with Crippen molar-refractivity contribution in [1.82, 2.24) is 0 Å². The number of urea groups is 1. The summed E-state index contributed by atoms with van der Waals surface area (Å²) in [4.78, 5) is 11.7. The van der Waals surface area contributed by atoms with Gasteiger partial charge in [-0.1, -0.05) is 6.07 Å². The van der Waals surface area contributed by atoms with E-state index in [0.29, 0.717) is 18.2 Å². The molecule has 0 bridgehead atoms. The number of alkyl halides is 3. The summed E-state index contributed by atoms with van der Waals surface area (Å²) in [6, 6.07) is 5.68. The summed E-state index contributed by atoms with van der Waals surface area (Å²) in [5, 5.41) is 4.14. The maximum absolute atomic E-state index is 13.5. The average Bonchev–Trinajstić information content (AvgIpc) is 2.48. The van der Waals surface area contributed by atoms with Crippen LogP contribution in [0.3, 0.4) is 0 Å². The summed E-state index contributed by atoms with van der Waals surface area (Å²) >= 11 is -2.52. The number of hydrogen-bond donors (Lipinski definition) is 2. The fourth-order valence-electron chi connectivity index (χ4n) is 1.76. The van der Waals surface area contributed by atoms with Crippen molar-refractivity contribution in [2.45, 2.75) is 11.1 Å². The first-order chi connectivity index (χ1) is 11.2. The standard InChI is InChI=1S/C14H10F4N2O3S/c15-11-5-4-8(14(16,17)18)6-12(11)20-13(21)19-9-2-1-3-10(7-9)24(22)23/h1-7H,(H,22,23)(H2,19,20,21)/p-1. The van der Waals surface area contributed by atoms with Crippen LogP contribution in [-0.4, -0.2) is 14.8 Å². The van der Waals surface area contributed by atoms with Crippen LogP contribution in [0.1, 0.15) is 5.56 Å². The highest BCUT2D eigenvalue weighted by Gasteiger charge is 2.31. The molecule has 2 aromatic carbocycles. The largest absolute Gasteiger partial charge is 0.768 e. The first-order valence-corrected chi connectivity index (χ1v) is 7.38. The first-order valence-electron chi connectivity index (χ1n) is 6.31. The van der Waals surface area contributed by atoms with E-state index in [9.17, 15) is 31.1 Å². The Morgan fingerprint density at radius 1 is 1.08 bits per heavy atom. The molecule has 0 radical (unpaired) electrons. The molecule has 0 saturated heterocycles. The van der Waals surface area contributed by atoms with E-state index in [1.165, 1.54) is 18.2 Å². The zero-order valence-corrected chi connectivity index (χ0v) is 12.5. The quantitative estimate of drug-likeness (QED) is 0.646. The van der Waals surface area contributed by atoms with Crippen molar-refractivity contribution in [3.8, 4) is 0 Å². The van der Waals surface area contributed by atoms with Crippen LogP contribution in [0.5, 0.6) is 0 Å². The average molecular weight is 361 g/mol. The third-order valence-electron chi connectivity index (χ3n) is 2.83. The Morgan fingerprint density at radius 3 is 2.42 bits per heavy atom. The molecule has 1 atom stereocenters. The Hall–Kier alpha value is -2.46. The Morgan fingerprint density at radius 2 is 1.79 bits per heavy atom. The second-order valence-corrected chi connectivity index (χ2v) is 5.47. The zero-order valence-electron chi connectivity index (χ0n) is 11.7. The van der Waals surface area contributed by atoms with Gasteiger partial charge in [-0.05, 0) is 47.5 Å². The molecule has 0 saturated carbocycles. The molecule has 2 rings (SSSR count). The van der Waals surface area contributed by atoms with Crippen molar-refractivity contribution >= 4 is 28.5 Å². The van der Waals surface area contributed by atoms with E-state index in [1.807, 2.05) is 5.32 Å². The predicted molar refractivity (Wildman–Crippen MR) is 77.7 cm³/mol. The fraction of sp³-hybridized carbons (Fsp3) is 0.0714. The molecule has 0 spiro atoms. The van der Waals surface area contributed by atoms with Gasteiger partial charge in [0, 0.05) is 10.6 Å². The van der Waals surface area contributed by atoms with Crippen LogP contribution in [0.15, 0.2) is 47.4 Å². The van der Waals surface area contributed by atoms with Crippen molar-refractivity contribution in [1.29, 1.82) is 0 Å². The number of carbonyl (C=O) groups is 1. The van der Waals surface area contributed by atoms with Gasteiger partial charge in [0.2, 0.25) is 0 Å². The molecule has 0 aliphatic carbocycles. The van der Waals surface area contributed by atoms with Crippen molar-refractivity contribution in [2.75, 3.05) is 10.6 Å². The van der Waals surface area contributed by atoms with Crippen molar-refractivity contribution in [3.63, 3.8) is 0 Å². The van der Waals surface area contributed by atoms with Crippen molar-refractivity contribution in [3.05, 3.63) is 53.8 Å². The Kier molecular flexibility index (Phi) is 5.20. The van der Waals surface area contributed by atoms with Gasteiger partial charge in [0.1, 0.15) is 5.82 Å². The second-order valence-electron chi connectivity index (χ2n) is 4.53. The first kappa shape index (κ1) is 17.9. The highest BCUT2D eigenvalue weighted by Crippen LogP contribution is 2.31. The number of halogens is 4. The molecule has 10 heteroatoms. The van der Waals surface area contributed by atoms with Gasteiger partial charge in [0.15, 0.2) is 0 Å². The summed E-state index contributed by atoms with van der Waals surface area (Å²) in [6.45, 7) is 0. The van der Waals surface area contributed by atoms with Crippen LogP contribution in [-0.2, 0) is 17.3 Å². The highest BCUT2D eigenvalue weighted by molar-refractivity contribution is 7.79. The van der Waals surface area contributed by atoms with Gasteiger partial charge in [0.25, 0.3) is 0 Å². The summed E-state index contributed by atoms with van der Waals surface area (Å²) in [7, 11) is 0. The monoisotopic (exact) mass is 361 g/mol. The van der Waals surface area contributed by atoms with E-state index in [0.717, 1.165) is 6.07 Å². The number of nitrogens with one attached hydrogen (secondary N) is 2. The Balaban J connectivity index is 2.15. The van der Waals surface area contributed by atoms with Crippen LogP contribution in [0, 0.1) is 5.82 Å². The minimum atomic E-state index is -4.69. The summed E-state index contributed by atoms with van der Waals surface area (Å²) < 4.78 is 73.0. The fourth-order valence-corrected chi connectivity index (χ4v) is 2.17. The zero-order chi connectivity index (χ0) is 17.9. The normalized spacial score (nSPS) is 12.5. The number of benzene rings is 2. The summed E-state index contributed by atoms with van der Waals surface area (Å²) in [5.74, 6) is -1.05. The number of amides is 2. The van der Waals surface area contributed by atoms with Gasteiger partial charge in [-0.3, -0.25) is 4.21 Å². The molecule has 5 nitrogen and oxygen atoms in total. The predicted octanol–water partition coefficient (Wildman–Crippen LogP) is 3.73. The van der Waals surface area contributed by atoms with E-state index in [4.69, 9.17) is 0 Å². The minimum Gasteiger partial charge on any atom is -0.768 e. The lowest BCUT2D eigenvalue weighted by molar-refractivity contribution is -0.137. The molecule has 24 heavy (non-hydrogen) atoms. The van der Waals surface area contributed by atoms with E-state index in [1.54, 1.807) is 0 Å². The molecular weight excluding hydrogens is 352 g/mol. The molecule has 128 valence electrons. The van der Waals surface area contributed by atoms with Gasteiger partial charge in [-0.2, -0.15) is 13.2 Å².